The Bertz CT molecular complexity index is 420. The van der Waals surface area contributed by atoms with Crippen molar-refractivity contribution in [3.05, 3.63) is 33.4 Å². The quantitative estimate of drug-likeness (QED) is 0.802. The first-order valence-corrected chi connectivity index (χ1v) is 6.35. The molecule has 0 fully saturated rings. The van der Waals surface area contributed by atoms with Crippen LogP contribution in [0.15, 0.2) is 24.3 Å². The maximum Gasteiger partial charge on any atom is 0.306 e. The third-order valence-electron chi connectivity index (χ3n) is 2.37. The topological polar surface area (TPSA) is 66.4 Å². The summed E-state index contributed by atoms with van der Waals surface area (Å²) in [7, 11) is 0. The molecule has 0 spiro atoms. The van der Waals surface area contributed by atoms with Gasteiger partial charge in [-0.25, -0.2) is 0 Å². The molecule has 1 atom stereocenters. The Balaban J connectivity index is 2.43. The highest BCUT2D eigenvalue weighted by Gasteiger charge is 2.11. The van der Waals surface area contributed by atoms with E-state index in [-0.39, 0.29) is 5.91 Å². The summed E-state index contributed by atoms with van der Waals surface area (Å²) in [6.45, 7) is 2.00. The molecule has 1 aromatic rings. The zero-order valence-corrected chi connectivity index (χ0v) is 11.6. The van der Waals surface area contributed by atoms with Crippen LogP contribution in [0.1, 0.15) is 23.7 Å². The molecule has 1 aromatic carbocycles. The van der Waals surface area contributed by atoms with Gasteiger partial charge in [0.25, 0.3) is 5.91 Å². The highest BCUT2D eigenvalue weighted by atomic mass is 127. The Labute approximate surface area is 114 Å². The van der Waals surface area contributed by atoms with Crippen LogP contribution < -0.4 is 5.32 Å². The van der Waals surface area contributed by atoms with Crippen molar-refractivity contribution in [2.75, 3.05) is 6.54 Å². The van der Waals surface area contributed by atoms with Gasteiger partial charge in [-0.1, -0.05) is 13.0 Å². The number of hydrogen-bond acceptors (Lipinski definition) is 2. The molecular weight excluding hydrogens is 333 g/mol. The van der Waals surface area contributed by atoms with E-state index >= 15 is 0 Å². The van der Waals surface area contributed by atoms with Crippen LogP contribution in [-0.2, 0) is 4.79 Å². The Hall–Kier alpha value is -1.11. The monoisotopic (exact) mass is 347 g/mol. The summed E-state index contributed by atoms with van der Waals surface area (Å²) in [5.41, 5.74) is 0.597. The predicted octanol–water partition coefficient (Wildman–Crippen LogP) is 2.13. The smallest absolute Gasteiger partial charge is 0.306 e. The Morgan fingerprint density at radius 3 is 2.76 bits per heavy atom. The average molecular weight is 347 g/mol. The molecule has 1 rings (SSSR count). The molecule has 0 aromatic heterocycles. The van der Waals surface area contributed by atoms with E-state index in [0.717, 1.165) is 3.57 Å². The van der Waals surface area contributed by atoms with Gasteiger partial charge in [-0.2, -0.15) is 0 Å². The average Bonchev–Trinajstić information content (AvgIpc) is 2.28. The van der Waals surface area contributed by atoms with Crippen molar-refractivity contribution in [2.24, 2.45) is 5.92 Å². The summed E-state index contributed by atoms with van der Waals surface area (Å²) in [4.78, 5) is 22.3. The van der Waals surface area contributed by atoms with Gasteiger partial charge in [0.05, 0.1) is 5.92 Å². The van der Waals surface area contributed by atoms with Crippen LogP contribution in [0.25, 0.3) is 0 Å². The summed E-state index contributed by atoms with van der Waals surface area (Å²) in [6, 6.07) is 7.25. The van der Waals surface area contributed by atoms with E-state index in [2.05, 4.69) is 27.9 Å². The fourth-order valence-electron chi connectivity index (χ4n) is 1.26. The molecular formula is C12H14INO3. The number of amides is 1. The number of nitrogens with one attached hydrogen (secondary N) is 1. The van der Waals surface area contributed by atoms with E-state index in [1.54, 1.807) is 19.1 Å². The molecule has 2 N–H and O–H groups in total. The molecule has 1 amide bonds. The second-order valence-corrected chi connectivity index (χ2v) is 5.04. The SMILES string of the molecule is CC(CCNC(=O)c1cccc(I)c1)C(=O)O. The van der Waals surface area contributed by atoms with Gasteiger partial charge in [0.15, 0.2) is 0 Å². The van der Waals surface area contributed by atoms with Crippen molar-refractivity contribution in [3.8, 4) is 0 Å². The summed E-state index contributed by atoms with van der Waals surface area (Å²) in [6.07, 6.45) is 0.436. The first-order valence-electron chi connectivity index (χ1n) is 5.27. The highest BCUT2D eigenvalue weighted by Crippen LogP contribution is 2.07. The number of carbonyl (C=O) groups is 2. The number of halogens is 1. The Kier molecular flexibility index (Phi) is 5.40. The second kappa shape index (κ2) is 6.58. The van der Waals surface area contributed by atoms with Crippen molar-refractivity contribution in [2.45, 2.75) is 13.3 Å². The van der Waals surface area contributed by atoms with Crippen LogP contribution in [0, 0.1) is 9.49 Å². The fraction of sp³-hybridized carbons (Fsp3) is 0.333. The van der Waals surface area contributed by atoms with Crippen LogP contribution in [0.3, 0.4) is 0 Å². The normalized spacial score (nSPS) is 11.9. The number of carboxylic acids is 1. The molecule has 0 bridgehead atoms. The third-order valence-corrected chi connectivity index (χ3v) is 3.04. The molecule has 0 saturated carbocycles. The van der Waals surface area contributed by atoms with Crippen LogP contribution >= 0.6 is 22.6 Å². The van der Waals surface area contributed by atoms with Gasteiger partial charge >= 0.3 is 5.97 Å². The molecule has 0 aliphatic carbocycles. The van der Waals surface area contributed by atoms with Gasteiger partial charge < -0.3 is 10.4 Å². The van der Waals surface area contributed by atoms with Crippen molar-refractivity contribution in [1.29, 1.82) is 0 Å². The van der Waals surface area contributed by atoms with Crippen LogP contribution in [0.2, 0.25) is 0 Å². The van der Waals surface area contributed by atoms with Crippen LogP contribution in [0.5, 0.6) is 0 Å². The summed E-state index contributed by atoms with van der Waals surface area (Å²) in [5.74, 6) is -1.44. The maximum atomic E-state index is 11.7. The molecule has 0 aliphatic rings. The van der Waals surface area contributed by atoms with E-state index in [4.69, 9.17) is 5.11 Å². The van der Waals surface area contributed by atoms with Crippen molar-refractivity contribution in [1.82, 2.24) is 5.32 Å². The Morgan fingerprint density at radius 2 is 2.18 bits per heavy atom. The molecule has 4 nitrogen and oxygen atoms in total. The van der Waals surface area contributed by atoms with Crippen molar-refractivity contribution >= 4 is 34.5 Å². The minimum Gasteiger partial charge on any atom is -0.481 e. The molecule has 17 heavy (non-hydrogen) atoms. The lowest BCUT2D eigenvalue weighted by molar-refractivity contribution is -0.141. The van der Waals surface area contributed by atoms with Gasteiger partial charge in [-0.05, 0) is 47.2 Å². The molecule has 0 aliphatic heterocycles. The number of rotatable bonds is 5. The lowest BCUT2D eigenvalue weighted by atomic mass is 10.1. The molecule has 5 heteroatoms. The molecule has 0 heterocycles. The van der Waals surface area contributed by atoms with Crippen LogP contribution in [0.4, 0.5) is 0 Å². The van der Waals surface area contributed by atoms with Gasteiger partial charge in [-0.3, -0.25) is 9.59 Å². The van der Waals surface area contributed by atoms with Crippen LogP contribution in [-0.4, -0.2) is 23.5 Å². The summed E-state index contributed by atoms with van der Waals surface area (Å²) in [5, 5.41) is 11.4. The first-order chi connectivity index (χ1) is 8.00. The highest BCUT2D eigenvalue weighted by molar-refractivity contribution is 14.1. The molecule has 0 radical (unpaired) electrons. The number of benzene rings is 1. The van der Waals surface area contributed by atoms with E-state index in [1.807, 2.05) is 12.1 Å². The fourth-order valence-corrected chi connectivity index (χ4v) is 1.80. The van der Waals surface area contributed by atoms with Gasteiger partial charge in [0, 0.05) is 15.7 Å². The zero-order valence-electron chi connectivity index (χ0n) is 9.44. The number of carboxylic acid groups (broad SMARTS) is 1. The van der Waals surface area contributed by atoms with Crippen molar-refractivity contribution < 1.29 is 14.7 Å². The lowest BCUT2D eigenvalue weighted by Crippen LogP contribution is -2.27. The van der Waals surface area contributed by atoms with E-state index in [0.29, 0.717) is 18.5 Å². The number of carbonyl (C=O) groups excluding carboxylic acids is 1. The summed E-state index contributed by atoms with van der Waals surface area (Å²) >= 11 is 2.14. The van der Waals surface area contributed by atoms with E-state index < -0.39 is 11.9 Å². The number of hydrogen-bond donors (Lipinski definition) is 2. The van der Waals surface area contributed by atoms with Gasteiger partial charge in [-0.15, -0.1) is 0 Å². The first kappa shape index (κ1) is 14.0. The minimum atomic E-state index is -0.839. The molecule has 92 valence electrons. The van der Waals surface area contributed by atoms with E-state index in [1.165, 1.54) is 0 Å². The second-order valence-electron chi connectivity index (χ2n) is 3.79. The van der Waals surface area contributed by atoms with Gasteiger partial charge in [0.2, 0.25) is 0 Å². The molecule has 1 unspecified atom stereocenters. The number of aliphatic carboxylic acids is 1. The molecule has 0 saturated heterocycles. The van der Waals surface area contributed by atoms with Gasteiger partial charge in [0.1, 0.15) is 0 Å². The maximum absolute atomic E-state index is 11.7. The van der Waals surface area contributed by atoms with E-state index in [9.17, 15) is 9.59 Å². The third kappa shape index (κ3) is 4.72. The standard InChI is InChI=1S/C12H14INO3/c1-8(12(16)17)5-6-14-11(15)9-3-2-4-10(13)7-9/h2-4,7-8H,5-6H2,1H3,(H,14,15)(H,16,17). The Morgan fingerprint density at radius 1 is 1.47 bits per heavy atom. The summed E-state index contributed by atoms with van der Waals surface area (Å²) < 4.78 is 0.995. The minimum absolute atomic E-state index is 0.166. The zero-order chi connectivity index (χ0) is 12.8. The predicted molar refractivity (Wildman–Crippen MR) is 72.9 cm³/mol. The van der Waals surface area contributed by atoms with Crippen molar-refractivity contribution in [3.63, 3.8) is 0 Å². The largest absolute Gasteiger partial charge is 0.481 e. The lowest BCUT2D eigenvalue weighted by Gasteiger charge is -2.08.